The van der Waals surface area contributed by atoms with Gasteiger partial charge in [-0.25, -0.2) is 8.42 Å². The van der Waals surface area contributed by atoms with Gasteiger partial charge in [0, 0.05) is 24.8 Å². The number of methoxy groups -OCH3 is 1. The molecular formula is C16H24N2O4S. The SMILES string of the molecule is COCCS(=O)(=O)c1ccc(C(=O)NC2CCNC(C)C2)cc1. The van der Waals surface area contributed by atoms with Crippen LogP contribution in [0.25, 0.3) is 0 Å². The number of carbonyl (C=O) groups is 1. The summed E-state index contributed by atoms with van der Waals surface area (Å²) >= 11 is 0. The molecule has 6 nitrogen and oxygen atoms in total. The van der Waals surface area contributed by atoms with Crippen LogP contribution in [0.1, 0.15) is 30.1 Å². The molecule has 0 radical (unpaired) electrons. The summed E-state index contributed by atoms with van der Waals surface area (Å²) in [5, 5.41) is 6.35. The molecule has 7 heteroatoms. The van der Waals surface area contributed by atoms with Crippen molar-refractivity contribution in [1.29, 1.82) is 0 Å². The van der Waals surface area contributed by atoms with Gasteiger partial charge in [-0.1, -0.05) is 0 Å². The molecule has 1 aromatic carbocycles. The Balaban J connectivity index is 2.00. The van der Waals surface area contributed by atoms with Gasteiger partial charge in [-0.3, -0.25) is 4.79 Å². The fourth-order valence-corrected chi connectivity index (χ4v) is 3.83. The van der Waals surface area contributed by atoms with Crippen LogP contribution in [0.4, 0.5) is 0 Å². The van der Waals surface area contributed by atoms with Crippen molar-refractivity contribution in [3.63, 3.8) is 0 Å². The number of nitrogens with one attached hydrogen (secondary N) is 2. The molecule has 0 aliphatic carbocycles. The van der Waals surface area contributed by atoms with Gasteiger partial charge in [0.25, 0.3) is 5.91 Å². The van der Waals surface area contributed by atoms with Crippen LogP contribution >= 0.6 is 0 Å². The molecular weight excluding hydrogens is 316 g/mol. The number of hydrogen-bond acceptors (Lipinski definition) is 5. The van der Waals surface area contributed by atoms with Crippen LogP contribution in [-0.2, 0) is 14.6 Å². The topological polar surface area (TPSA) is 84.5 Å². The average molecular weight is 340 g/mol. The number of hydrogen-bond donors (Lipinski definition) is 2. The van der Waals surface area contributed by atoms with E-state index in [0.29, 0.717) is 11.6 Å². The lowest BCUT2D eigenvalue weighted by Crippen LogP contribution is -2.46. The molecule has 1 saturated heterocycles. The summed E-state index contributed by atoms with van der Waals surface area (Å²) in [7, 11) is -1.90. The summed E-state index contributed by atoms with van der Waals surface area (Å²) in [6.45, 7) is 3.14. The summed E-state index contributed by atoms with van der Waals surface area (Å²) in [6, 6.07) is 6.61. The fourth-order valence-electron chi connectivity index (χ4n) is 2.66. The lowest BCUT2D eigenvalue weighted by atomic mass is 10.0. The number of ether oxygens (including phenoxy) is 1. The van der Waals surface area contributed by atoms with E-state index in [2.05, 4.69) is 17.6 Å². The Morgan fingerprint density at radius 3 is 2.65 bits per heavy atom. The third-order valence-electron chi connectivity index (χ3n) is 3.99. The number of piperidine rings is 1. The fraction of sp³-hybridized carbons (Fsp3) is 0.562. The van der Waals surface area contributed by atoms with Crippen LogP contribution in [0.2, 0.25) is 0 Å². The zero-order chi connectivity index (χ0) is 16.9. The van der Waals surface area contributed by atoms with E-state index in [0.717, 1.165) is 19.4 Å². The number of amides is 1. The molecule has 1 fully saturated rings. The quantitative estimate of drug-likeness (QED) is 0.806. The predicted molar refractivity (Wildman–Crippen MR) is 88.3 cm³/mol. The molecule has 2 unspecified atom stereocenters. The van der Waals surface area contributed by atoms with Crippen molar-refractivity contribution in [3.8, 4) is 0 Å². The molecule has 2 N–H and O–H groups in total. The van der Waals surface area contributed by atoms with Gasteiger partial charge in [-0.05, 0) is 50.6 Å². The van der Waals surface area contributed by atoms with E-state index in [1.165, 1.54) is 19.2 Å². The van der Waals surface area contributed by atoms with E-state index in [1.54, 1.807) is 12.1 Å². The molecule has 1 aliphatic heterocycles. The molecule has 1 amide bonds. The zero-order valence-electron chi connectivity index (χ0n) is 13.5. The maximum absolute atomic E-state index is 12.3. The molecule has 0 aromatic heterocycles. The Bertz CT molecular complexity index is 628. The first-order chi connectivity index (χ1) is 10.9. The molecule has 0 saturated carbocycles. The number of rotatable bonds is 6. The van der Waals surface area contributed by atoms with Crippen molar-refractivity contribution in [3.05, 3.63) is 29.8 Å². The molecule has 0 spiro atoms. The highest BCUT2D eigenvalue weighted by Gasteiger charge is 2.21. The lowest BCUT2D eigenvalue weighted by molar-refractivity contribution is 0.0925. The summed E-state index contributed by atoms with van der Waals surface area (Å²) in [5.74, 6) is -0.230. The first-order valence-electron chi connectivity index (χ1n) is 7.78. The van der Waals surface area contributed by atoms with Crippen molar-refractivity contribution in [2.24, 2.45) is 0 Å². The third kappa shape index (κ3) is 5.02. The largest absolute Gasteiger partial charge is 0.384 e. The molecule has 1 aliphatic rings. The van der Waals surface area contributed by atoms with Crippen LogP contribution < -0.4 is 10.6 Å². The second-order valence-corrected chi connectivity index (χ2v) is 8.00. The maximum atomic E-state index is 12.3. The van der Waals surface area contributed by atoms with Gasteiger partial charge >= 0.3 is 0 Å². The van der Waals surface area contributed by atoms with Gasteiger partial charge < -0.3 is 15.4 Å². The van der Waals surface area contributed by atoms with E-state index in [-0.39, 0.29) is 29.2 Å². The standard InChI is InChI=1S/C16H24N2O4S/c1-12-11-14(7-8-17-12)18-16(19)13-3-5-15(6-4-13)23(20,21)10-9-22-2/h3-6,12,14,17H,7-11H2,1-2H3,(H,18,19). The maximum Gasteiger partial charge on any atom is 0.251 e. The molecule has 1 heterocycles. The lowest BCUT2D eigenvalue weighted by Gasteiger charge is -2.28. The van der Waals surface area contributed by atoms with Gasteiger partial charge in [-0.2, -0.15) is 0 Å². The van der Waals surface area contributed by atoms with Gasteiger partial charge in [0.1, 0.15) is 0 Å². The van der Waals surface area contributed by atoms with Crippen LogP contribution in [0, 0.1) is 0 Å². The minimum atomic E-state index is -3.36. The van der Waals surface area contributed by atoms with E-state index < -0.39 is 9.84 Å². The molecule has 0 bridgehead atoms. The summed E-state index contributed by atoms with van der Waals surface area (Å²) in [5.41, 5.74) is 0.474. The van der Waals surface area contributed by atoms with Crippen LogP contribution in [-0.4, -0.2) is 52.4 Å². The van der Waals surface area contributed by atoms with Gasteiger partial charge in [0.15, 0.2) is 9.84 Å². The summed E-state index contributed by atoms with van der Waals surface area (Å²) < 4.78 is 28.9. The van der Waals surface area contributed by atoms with Gasteiger partial charge in [-0.15, -0.1) is 0 Å². The smallest absolute Gasteiger partial charge is 0.251 e. The molecule has 128 valence electrons. The highest BCUT2D eigenvalue weighted by molar-refractivity contribution is 7.91. The van der Waals surface area contributed by atoms with Gasteiger partial charge in [0.2, 0.25) is 0 Å². The average Bonchev–Trinajstić information content (AvgIpc) is 2.53. The van der Waals surface area contributed by atoms with Gasteiger partial charge in [0.05, 0.1) is 17.3 Å². The van der Waals surface area contributed by atoms with Crippen molar-refractivity contribution >= 4 is 15.7 Å². The minimum absolute atomic E-state index is 0.0675. The van der Waals surface area contributed by atoms with Crippen molar-refractivity contribution in [2.45, 2.75) is 36.7 Å². The van der Waals surface area contributed by atoms with E-state index in [4.69, 9.17) is 4.74 Å². The van der Waals surface area contributed by atoms with E-state index in [9.17, 15) is 13.2 Å². The molecule has 2 atom stereocenters. The first kappa shape index (κ1) is 17.9. The molecule has 1 aromatic rings. The van der Waals surface area contributed by atoms with Crippen molar-refractivity contribution in [2.75, 3.05) is 26.0 Å². The van der Waals surface area contributed by atoms with Crippen molar-refractivity contribution in [1.82, 2.24) is 10.6 Å². The first-order valence-corrected chi connectivity index (χ1v) is 9.43. The Morgan fingerprint density at radius 2 is 2.04 bits per heavy atom. The second-order valence-electron chi connectivity index (χ2n) is 5.89. The number of carbonyl (C=O) groups excluding carboxylic acids is 1. The Kier molecular flexibility index (Phi) is 6.15. The summed E-state index contributed by atoms with van der Waals surface area (Å²) in [4.78, 5) is 12.5. The predicted octanol–water partition coefficient (Wildman–Crippen LogP) is 0.977. The van der Waals surface area contributed by atoms with Crippen LogP contribution in [0.5, 0.6) is 0 Å². The van der Waals surface area contributed by atoms with E-state index >= 15 is 0 Å². The highest BCUT2D eigenvalue weighted by atomic mass is 32.2. The second kappa shape index (κ2) is 7.90. The summed E-state index contributed by atoms with van der Waals surface area (Å²) in [6.07, 6.45) is 1.80. The Hall–Kier alpha value is -1.44. The normalized spacial score (nSPS) is 21.8. The zero-order valence-corrected chi connectivity index (χ0v) is 14.4. The number of benzene rings is 1. The Labute approximate surface area is 137 Å². The van der Waals surface area contributed by atoms with Crippen LogP contribution in [0.3, 0.4) is 0 Å². The molecule has 23 heavy (non-hydrogen) atoms. The van der Waals surface area contributed by atoms with E-state index in [1.807, 2.05) is 0 Å². The monoisotopic (exact) mass is 340 g/mol. The highest BCUT2D eigenvalue weighted by Crippen LogP contribution is 2.14. The Morgan fingerprint density at radius 1 is 1.35 bits per heavy atom. The minimum Gasteiger partial charge on any atom is -0.384 e. The van der Waals surface area contributed by atoms with Crippen molar-refractivity contribution < 1.29 is 17.9 Å². The third-order valence-corrected chi connectivity index (χ3v) is 5.69. The number of sulfone groups is 1. The van der Waals surface area contributed by atoms with Crippen LogP contribution in [0.15, 0.2) is 29.2 Å². The molecule has 2 rings (SSSR count).